The number of hydrogen-bond donors (Lipinski definition) is 1. The molecule has 1 heterocycles. The topological polar surface area (TPSA) is 34.1 Å². The van der Waals surface area contributed by atoms with Crippen LogP contribution in [0, 0.1) is 6.92 Å². The van der Waals surface area contributed by atoms with Gasteiger partial charge in [-0.25, -0.2) is 0 Å². The minimum absolute atomic E-state index is 0.565. The lowest BCUT2D eigenvalue weighted by Crippen LogP contribution is -2.13. The molecule has 0 spiro atoms. The van der Waals surface area contributed by atoms with E-state index in [4.69, 9.17) is 4.84 Å². The molecule has 3 aromatic rings. The van der Waals surface area contributed by atoms with Gasteiger partial charge in [-0.05, 0) is 36.2 Å². The molecule has 3 nitrogen and oxygen atoms in total. The van der Waals surface area contributed by atoms with E-state index in [0.29, 0.717) is 13.2 Å². The second-order valence-electron chi connectivity index (χ2n) is 5.08. The Bertz CT molecular complexity index is 726. The van der Waals surface area contributed by atoms with Crippen LogP contribution in [0.15, 0.2) is 60.7 Å². The average molecular weight is 278 g/mol. The Labute approximate surface area is 124 Å². The normalized spacial score (nSPS) is 10.9. The Morgan fingerprint density at radius 3 is 2.67 bits per heavy atom. The van der Waals surface area contributed by atoms with E-state index in [-0.39, 0.29) is 0 Å². The second kappa shape index (κ2) is 6.48. The Morgan fingerprint density at radius 1 is 0.952 bits per heavy atom. The van der Waals surface area contributed by atoms with E-state index in [1.165, 1.54) is 5.56 Å². The smallest absolute Gasteiger partial charge is 0.0933 e. The SMILES string of the molecule is Cc1ccc2cc(CNOCc3ccccc3)ccc2n1. The van der Waals surface area contributed by atoms with Crippen molar-refractivity contribution in [1.29, 1.82) is 0 Å². The molecule has 0 saturated heterocycles. The molecule has 1 N–H and O–H groups in total. The van der Waals surface area contributed by atoms with Crippen LogP contribution in [0.4, 0.5) is 0 Å². The van der Waals surface area contributed by atoms with Gasteiger partial charge in [-0.15, -0.1) is 0 Å². The second-order valence-corrected chi connectivity index (χ2v) is 5.08. The lowest BCUT2D eigenvalue weighted by atomic mass is 10.1. The summed E-state index contributed by atoms with van der Waals surface area (Å²) in [5.41, 5.74) is 7.42. The third kappa shape index (κ3) is 3.66. The predicted molar refractivity (Wildman–Crippen MR) is 84.6 cm³/mol. The Kier molecular flexibility index (Phi) is 4.24. The lowest BCUT2D eigenvalue weighted by molar-refractivity contribution is 0.0235. The zero-order valence-electron chi connectivity index (χ0n) is 12.0. The number of aryl methyl sites for hydroxylation is 1. The van der Waals surface area contributed by atoms with E-state index in [2.05, 4.69) is 34.7 Å². The number of fused-ring (bicyclic) bond motifs is 1. The van der Waals surface area contributed by atoms with Gasteiger partial charge in [-0.3, -0.25) is 9.82 Å². The van der Waals surface area contributed by atoms with Crippen LogP contribution in [-0.4, -0.2) is 4.98 Å². The summed E-state index contributed by atoms with van der Waals surface area (Å²) in [5, 5.41) is 1.16. The number of benzene rings is 2. The van der Waals surface area contributed by atoms with Gasteiger partial charge in [0.15, 0.2) is 0 Å². The molecule has 0 unspecified atom stereocenters. The van der Waals surface area contributed by atoms with Crippen molar-refractivity contribution in [1.82, 2.24) is 10.5 Å². The van der Waals surface area contributed by atoms with Crippen molar-refractivity contribution in [2.75, 3.05) is 0 Å². The first-order valence-corrected chi connectivity index (χ1v) is 7.06. The molecular weight excluding hydrogens is 260 g/mol. The number of nitrogens with zero attached hydrogens (tertiary/aromatic N) is 1. The summed E-state index contributed by atoms with van der Waals surface area (Å²) in [6, 6.07) is 20.5. The summed E-state index contributed by atoms with van der Waals surface area (Å²) in [5.74, 6) is 0. The van der Waals surface area contributed by atoms with E-state index < -0.39 is 0 Å². The largest absolute Gasteiger partial charge is 0.297 e. The molecule has 3 heteroatoms. The van der Waals surface area contributed by atoms with E-state index in [1.807, 2.05) is 43.3 Å². The first-order valence-electron chi connectivity index (χ1n) is 7.06. The number of aromatic nitrogens is 1. The number of hydrogen-bond acceptors (Lipinski definition) is 3. The summed E-state index contributed by atoms with van der Waals surface area (Å²) in [4.78, 5) is 9.99. The molecule has 3 rings (SSSR count). The number of hydroxylamine groups is 1. The molecular formula is C18H18N2O. The monoisotopic (exact) mass is 278 g/mol. The van der Waals surface area contributed by atoms with Crippen LogP contribution in [0.1, 0.15) is 16.8 Å². The number of nitrogens with one attached hydrogen (secondary N) is 1. The predicted octanol–water partition coefficient (Wildman–Crippen LogP) is 3.76. The Hall–Kier alpha value is -2.23. The average Bonchev–Trinajstić information content (AvgIpc) is 2.52. The minimum atomic E-state index is 0.565. The first kappa shape index (κ1) is 13.7. The maximum absolute atomic E-state index is 5.49. The van der Waals surface area contributed by atoms with Crippen molar-refractivity contribution in [3.63, 3.8) is 0 Å². The summed E-state index contributed by atoms with van der Waals surface area (Å²) in [6.45, 7) is 3.25. The maximum Gasteiger partial charge on any atom is 0.0933 e. The van der Waals surface area contributed by atoms with E-state index in [0.717, 1.165) is 22.2 Å². The molecule has 0 aliphatic rings. The van der Waals surface area contributed by atoms with Crippen molar-refractivity contribution in [2.24, 2.45) is 0 Å². The van der Waals surface area contributed by atoms with E-state index in [9.17, 15) is 0 Å². The lowest BCUT2D eigenvalue weighted by Gasteiger charge is -2.07. The van der Waals surface area contributed by atoms with Gasteiger partial charge in [0.25, 0.3) is 0 Å². The summed E-state index contributed by atoms with van der Waals surface area (Å²) in [7, 11) is 0. The van der Waals surface area contributed by atoms with Crippen LogP contribution in [0.2, 0.25) is 0 Å². The molecule has 0 saturated carbocycles. The highest BCUT2D eigenvalue weighted by Gasteiger charge is 1.99. The van der Waals surface area contributed by atoms with Gasteiger partial charge in [-0.2, -0.15) is 5.48 Å². The van der Waals surface area contributed by atoms with Crippen molar-refractivity contribution in [3.8, 4) is 0 Å². The molecule has 0 fully saturated rings. The van der Waals surface area contributed by atoms with Crippen molar-refractivity contribution in [3.05, 3.63) is 77.5 Å². The highest BCUT2D eigenvalue weighted by Crippen LogP contribution is 2.14. The molecule has 0 aliphatic carbocycles. The molecule has 106 valence electrons. The van der Waals surface area contributed by atoms with Gasteiger partial charge >= 0.3 is 0 Å². The summed E-state index contributed by atoms with van der Waals surface area (Å²) < 4.78 is 0. The van der Waals surface area contributed by atoms with Crippen LogP contribution in [0.3, 0.4) is 0 Å². The fourth-order valence-electron chi connectivity index (χ4n) is 2.23. The molecule has 2 aromatic carbocycles. The minimum Gasteiger partial charge on any atom is -0.297 e. The van der Waals surface area contributed by atoms with Gasteiger partial charge in [0, 0.05) is 17.6 Å². The van der Waals surface area contributed by atoms with Crippen LogP contribution in [0.5, 0.6) is 0 Å². The molecule has 1 aromatic heterocycles. The molecule has 0 bridgehead atoms. The quantitative estimate of drug-likeness (QED) is 0.570. The fourth-order valence-corrected chi connectivity index (χ4v) is 2.23. The fraction of sp³-hybridized carbons (Fsp3) is 0.167. The van der Waals surface area contributed by atoms with Crippen molar-refractivity contribution >= 4 is 10.9 Å². The molecule has 0 aliphatic heterocycles. The third-order valence-corrected chi connectivity index (χ3v) is 3.35. The van der Waals surface area contributed by atoms with E-state index in [1.54, 1.807) is 0 Å². The van der Waals surface area contributed by atoms with Gasteiger partial charge in [0.2, 0.25) is 0 Å². The van der Waals surface area contributed by atoms with Crippen molar-refractivity contribution < 1.29 is 4.84 Å². The Morgan fingerprint density at radius 2 is 1.81 bits per heavy atom. The first-order chi connectivity index (χ1) is 10.3. The maximum atomic E-state index is 5.49. The van der Waals surface area contributed by atoms with Crippen LogP contribution < -0.4 is 5.48 Å². The van der Waals surface area contributed by atoms with Crippen LogP contribution in [0.25, 0.3) is 10.9 Å². The van der Waals surface area contributed by atoms with Gasteiger partial charge in [0.05, 0.1) is 12.1 Å². The zero-order chi connectivity index (χ0) is 14.5. The Balaban J connectivity index is 1.57. The zero-order valence-corrected chi connectivity index (χ0v) is 12.0. The number of pyridine rings is 1. The molecule has 0 amide bonds. The van der Waals surface area contributed by atoms with Crippen LogP contribution in [-0.2, 0) is 18.0 Å². The van der Waals surface area contributed by atoms with Crippen LogP contribution >= 0.6 is 0 Å². The van der Waals surface area contributed by atoms with Gasteiger partial charge in [0.1, 0.15) is 0 Å². The van der Waals surface area contributed by atoms with Crippen molar-refractivity contribution in [2.45, 2.75) is 20.1 Å². The molecule has 0 radical (unpaired) electrons. The summed E-state index contributed by atoms with van der Waals surface area (Å²) in [6.07, 6.45) is 0. The highest BCUT2D eigenvalue weighted by molar-refractivity contribution is 5.79. The standard InChI is InChI=1S/C18H18N2O/c1-14-7-9-17-11-16(8-10-18(17)20-14)12-19-21-13-15-5-3-2-4-6-15/h2-11,19H,12-13H2,1H3. The number of rotatable bonds is 5. The summed E-state index contributed by atoms with van der Waals surface area (Å²) >= 11 is 0. The van der Waals surface area contributed by atoms with E-state index >= 15 is 0 Å². The highest BCUT2D eigenvalue weighted by atomic mass is 16.6. The third-order valence-electron chi connectivity index (χ3n) is 3.35. The molecule has 21 heavy (non-hydrogen) atoms. The molecule has 0 atom stereocenters. The van der Waals surface area contributed by atoms with Gasteiger partial charge < -0.3 is 0 Å². The van der Waals surface area contributed by atoms with Gasteiger partial charge in [-0.1, -0.05) is 42.5 Å².